The Kier molecular flexibility index (Phi) is 8.98. The van der Waals surface area contributed by atoms with Crippen molar-refractivity contribution in [2.75, 3.05) is 14.1 Å². The molecular formula is C25H34ClFN2O5S. The molecule has 2 aromatic carbocycles. The number of ether oxygens (including phenoxy) is 1. The number of carbonyl (C=O) groups is 1. The number of aryl methyl sites for hydroxylation is 1. The number of halogens is 2. The second kappa shape index (κ2) is 10.8. The van der Waals surface area contributed by atoms with Crippen LogP contribution in [0.4, 0.5) is 4.39 Å². The van der Waals surface area contributed by atoms with E-state index in [0.717, 1.165) is 11.6 Å². The van der Waals surface area contributed by atoms with Crippen LogP contribution >= 0.6 is 11.6 Å². The van der Waals surface area contributed by atoms with Crippen molar-refractivity contribution < 1.29 is 27.4 Å². The zero-order chi connectivity index (χ0) is 26.9. The van der Waals surface area contributed by atoms with Crippen LogP contribution in [0, 0.1) is 19.7 Å². The predicted octanol–water partition coefficient (Wildman–Crippen LogP) is 4.66. The Morgan fingerprint density at radius 2 is 1.80 bits per heavy atom. The van der Waals surface area contributed by atoms with Crippen LogP contribution in [0.1, 0.15) is 55.9 Å². The van der Waals surface area contributed by atoms with Crippen molar-refractivity contribution in [1.82, 2.24) is 9.62 Å². The average Bonchev–Trinajstić information content (AvgIpc) is 2.70. The summed E-state index contributed by atoms with van der Waals surface area (Å²) in [5, 5.41) is 11.0. The zero-order valence-corrected chi connectivity index (χ0v) is 22.9. The highest BCUT2D eigenvalue weighted by Gasteiger charge is 2.37. The lowest BCUT2D eigenvalue weighted by molar-refractivity contribution is -0.157. The van der Waals surface area contributed by atoms with Crippen LogP contribution in [0.2, 0.25) is 5.02 Å². The second-order valence-electron chi connectivity index (χ2n) is 9.93. The van der Waals surface area contributed by atoms with E-state index in [9.17, 15) is 22.7 Å². The molecule has 0 fully saturated rings. The molecule has 2 rings (SSSR count). The second-order valence-corrected chi connectivity index (χ2v) is 12.0. The molecule has 0 aromatic heterocycles. The number of phenolic OH excluding ortho intramolecular Hbond substituents is 1. The van der Waals surface area contributed by atoms with Crippen LogP contribution in [0.5, 0.6) is 5.75 Å². The summed E-state index contributed by atoms with van der Waals surface area (Å²) in [6, 6.07) is 3.96. The van der Waals surface area contributed by atoms with Crippen LogP contribution in [0.3, 0.4) is 0 Å². The smallest absolute Gasteiger partial charge is 0.325 e. The number of carbonyl (C=O) groups excluding carboxylic acids is 1. The molecule has 0 aliphatic carbocycles. The SMILES string of the molecule is Cc1ccc(F)c(C(C)[C@H](NS(=O)(=O)c2ccc(Cl)c(CN(C)C)c2O)C(=O)OC(C)(C)C)c1C. The molecule has 0 bridgehead atoms. The van der Waals surface area contributed by atoms with Crippen molar-refractivity contribution in [3.05, 3.63) is 57.4 Å². The number of benzene rings is 2. The molecule has 0 aliphatic rings. The number of phenols is 1. The fraction of sp³-hybridized carbons (Fsp3) is 0.480. The first-order valence-electron chi connectivity index (χ1n) is 11.1. The van der Waals surface area contributed by atoms with Gasteiger partial charge < -0.3 is 14.7 Å². The van der Waals surface area contributed by atoms with Gasteiger partial charge in [0.15, 0.2) is 0 Å². The highest BCUT2D eigenvalue weighted by molar-refractivity contribution is 7.89. The van der Waals surface area contributed by atoms with E-state index in [-0.39, 0.29) is 22.7 Å². The van der Waals surface area contributed by atoms with Gasteiger partial charge in [-0.1, -0.05) is 24.6 Å². The van der Waals surface area contributed by atoms with Gasteiger partial charge >= 0.3 is 5.97 Å². The summed E-state index contributed by atoms with van der Waals surface area (Å²) in [5.41, 5.74) is 0.914. The Hall–Kier alpha value is -2.20. The first kappa shape index (κ1) is 29.0. The van der Waals surface area contributed by atoms with Gasteiger partial charge in [-0.05, 0) is 83.6 Å². The van der Waals surface area contributed by atoms with Crippen molar-refractivity contribution in [3.8, 4) is 5.75 Å². The van der Waals surface area contributed by atoms with Crippen LogP contribution in [-0.2, 0) is 26.1 Å². The van der Waals surface area contributed by atoms with Crippen molar-refractivity contribution in [2.45, 2.75) is 70.5 Å². The van der Waals surface area contributed by atoms with E-state index in [1.807, 2.05) is 0 Å². The molecule has 0 aliphatic heterocycles. The van der Waals surface area contributed by atoms with Gasteiger partial charge in [-0.25, -0.2) is 12.8 Å². The topological polar surface area (TPSA) is 95.9 Å². The number of sulfonamides is 1. The summed E-state index contributed by atoms with van der Waals surface area (Å²) in [5.74, 6) is -2.87. The fourth-order valence-corrected chi connectivity index (χ4v) is 5.35. The standard InChI is InChI=1S/C25H34ClFN2O5S/c1-14-9-11-19(27)21(15(14)2)16(3)22(24(31)34-25(4,5)6)28-35(32,33)20-12-10-18(26)17(23(20)30)13-29(7)8/h9-12,16,22,28,30H,13H2,1-8H3/t16?,22-/m0/s1. The van der Waals surface area contributed by atoms with E-state index in [4.69, 9.17) is 16.3 Å². The summed E-state index contributed by atoms with van der Waals surface area (Å²) in [4.78, 5) is 14.5. The van der Waals surface area contributed by atoms with E-state index in [1.165, 1.54) is 12.1 Å². The molecule has 1 unspecified atom stereocenters. The Balaban J connectivity index is 2.61. The van der Waals surface area contributed by atoms with Gasteiger partial charge in [0.25, 0.3) is 0 Å². The highest BCUT2D eigenvalue weighted by Crippen LogP contribution is 2.35. The molecule has 0 spiro atoms. The van der Waals surface area contributed by atoms with Crippen LogP contribution in [0.25, 0.3) is 0 Å². The minimum absolute atomic E-state index is 0.188. The summed E-state index contributed by atoms with van der Waals surface area (Å²) >= 11 is 6.19. The Bertz CT molecular complexity index is 1210. The van der Waals surface area contributed by atoms with Crippen molar-refractivity contribution in [2.24, 2.45) is 0 Å². The third-order valence-corrected chi connectivity index (χ3v) is 7.41. The number of nitrogens with zero attached hydrogens (tertiary/aromatic N) is 1. The van der Waals surface area contributed by atoms with Crippen LogP contribution < -0.4 is 4.72 Å². The van der Waals surface area contributed by atoms with E-state index in [0.29, 0.717) is 5.56 Å². The van der Waals surface area contributed by atoms with E-state index >= 15 is 0 Å². The molecule has 2 aromatic rings. The maximum Gasteiger partial charge on any atom is 0.325 e. The lowest BCUT2D eigenvalue weighted by Crippen LogP contribution is -2.47. The first-order chi connectivity index (χ1) is 16.0. The average molecular weight is 529 g/mol. The molecule has 7 nitrogen and oxygen atoms in total. The lowest BCUT2D eigenvalue weighted by Gasteiger charge is -2.29. The number of hydrogen-bond acceptors (Lipinski definition) is 6. The Morgan fingerprint density at radius 3 is 2.34 bits per heavy atom. The maximum absolute atomic E-state index is 14.9. The minimum atomic E-state index is -4.46. The van der Waals surface area contributed by atoms with Gasteiger partial charge in [-0.3, -0.25) is 4.79 Å². The van der Waals surface area contributed by atoms with Gasteiger partial charge in [0.2, 0.25) is 10.0 Å². The molecule has 0 saturated heterocycles. The Morgan fingerprint density at radius 1 is 1.20 bits per heavy atom. The third-order valence-electron chi connectivity index (χ3n) is 5.58. The van der Waals surface area contributed by atoms with E-state index in [1.54, 1.807) is 66.6 Å². The number of esters is 1. The number of nitrogens with one attached hydrogen (secondary N) is 1. The Labute approximate surface area is 212 Å². The third kappa shape index (κ3) is 6.94. The molecule has 0 saturated carbocycles. The summed E-state index contributed by atoms with van der Waals surface area (Å²) in [6.07, 6.45) is 0. The zero-order valence-electron chi connectivity index (χ0n) is 21.4. The van der Waals surface area contributed by atoms with Crippen molar-refractivity contribution in [1.29, 1.82) is 0 Å². The molecule has 10 heteroatoms. The minimum Gasteiger partial charge on any atom is -0.506 e. The largest absolute Gasteiger partial charge is 0.506 e. The summed E-state index contributed by atoms with van der Waals surface area (Å²) in [7, 11) is -0.967. The van der Waals surface area contributed by atoms with Gasteiger partial charge in [-0.2, -0.15) is 4.72 Å². The molecule has 35 heavy (non-hydrogen) atoms. The maximum atomic E-state index is 14.9. The van der Waals surface area contributed by atoms with Gasteiger partial charge in [0, 0.05) is 23.0 Å². The van der Waals surface area contributed by atoms with Crippen LogP contribution in [-0.4, -0.2) is 50.1 Å². The van der Waals surface area contributed by atoms with E-state index < -0.39 is 50.0 Å². The number of hydrogen-bond donors (Lipinski definition) is 2. The van der Waals surface area contributed by atoms with Gasteiger partial charge in [0.1, 0.15) is 28.1 Å². The molecule has 0 amide bonds. The van der Waals surface area contributed by atoms with Crippen molar-refractivity contribution >= 4 is 27.6 Å². The first-order valence-corrected chi connectivity index (χ1v) is 13.0. The summed E-state index contributed by atoms with van der Waals surface area (Å²) in [6.45, 7) is 10.2. The van der Waals surface area contributed by atoms with Gasteiger partial charge in [0.05, 0.1) is 0 Å². The molecule has 2 atom stereocenters. The van der Waals surface area contributed by atoms with Crippen LogP contribution in [0.15, 0.2) is 29.2 Å². The normalized spacial score (nSPS) is 14.1. The predicted molar refractivity (Wildman–Crippen MR) is 135 cm³/mol. The monoisotopic (exact) mass is 528 g/mol. The molecular weight excluding hydrogens is 495 g/mol. The number of aromatic hydroxyl groups is 1. The molecule has 0 heterocycles. The van der Waals surface area contributed by atoms with E-state index in [2.05, 4.69) is 4.72 Å². The van der Waals surface area contributed by atoms with Crippen molar-refractivity contribution in [3.63, 3.8) is 0 Å². The highest BCUT2D eigenvalue weighted by atomic mass is 35.5. The molecule has 0 radical (unpaired) electrons. The fourth-order valence-electron chi connectivity index (χ4n) is 3.75. The summed E-state index contributed by atoms with van der Waals surface area (Å²) < 4.78 is 49.6. The number of rotatable bonds is 8. The quantitative estimate of drug-likeness (QED) is 0.484. The lowest BCUT2D eigenvalue weighted by atomic mass is 9.88. The molecule has 2 N–H and O–H groups in total. The molecule has 194 valence electrons. The van der Waals surface area contributed by atoms with Gasteiger partial charge in [-0.15, -0.1) is 0 Å².